The van der Waals surface area contributed by atoms with Crippen LogP contribution in [-0.4, -0.2) is 72.6 Å². The average Bonchev–Trinajstić information content (AvgIpc) is 2.51. The average molecular weight is 294 g/mol. The van der Waals surface area contributed by atoms with E-state index in [0.29, 0.717) is 6.04 Å². The van der Waals surface area contributed by atoms with Gasteiger partial charge in [-0.2, -0.15) is 0 Å². The zero-order valence-electron chi connectivity index (χ0n) is 12.7. The van der Waals surface area contributed by atoms with E-state index in [-0.39, 0.29) is 13.2 Å². The first-order chi connectivity index (χ1) is 10.3. The highest BCUT2D eigenvalue weighted by molar-refractivity contribution is 5.28. The molecule has 0 spiro atoms. The molecule has 0 aromatic heterocycles. The van der Waals surface area contributed by atoms with E-state index in [9.17, 15) is 5.11 Å². The predicted octanol–water partition coefficient (Wildman–Crippen LogP) is 0.556. The molecule has 0 unspecified atom stereocenters. The summed E-state index contributed by atoms with van der Waals surface area (Å²) in [6, 6.07) is 8.47. The Morgan fingerprint density at radius 1 is 1.24 bits per heavy atom. The molecule has 1 aliphatic rings. The zero-order chi connectivity index (χ0) is 15.1. The molecule has 0 radical (unpaired) electrons. The standard InChI is InChI=1S/C16H26N2O3/c1-21-16-4-2-3-14(11-16)12-18-7-6-17(8-10-20)13-15(18)5-9-19/h2-4,11,15,19-20H,5-10,12-13H2,1H3/t15-/m0/s1. The summed E-state index contributed by atoms with van der Waals surface area (Å²) in [6.07, 6.45) is 0.770. The molecule has 118 valence electrons. The van der Waals surface area contributed by atoms with Crippen molar-refractivity contribution in [3.8, 4) is 5.75 Å². The fourth-order valence-corrected chi connectivity index (χ4v) is 2.94. The first-order valence-corrected chi connectivity index (χ1v) is 7.58. The van der Waals surface area contributed by atoms with Crippen molar-refractivity contribution < 1.29 is 14.9 Å². The Morgan fingerprint density at radius 3 is 2.81 bits per heavy atom. The van der Waals surface area contributed by atoms with Crippen LogP contribution in [0.15, 0.2) is 24.3 Å². The number of rotatable bonds is 7. The van der Waals surface area contributed by atoms with Gasteiger partial charge in [-0.3, -0.25) is 9.80 Å². The van der Waals surface area contributed by atoms with Gasteiger partial charge in [0, 0.05) is 45.4 Å². The van der Waals surface area contributed by atoms with Crippen molar-refractivity contribution in [2.45, 2.75) is 19.0 Å². The van der Waals surface area contributed by atoms with E-state index in [2.05, 4.69) is 21.9 Å². The molecule has 0 bridgehead atoms. The van der Waals surface area contributed by atoms with Crippen LogP contribution in [0.5, 0.6) is 5.75 Å². The quantitative estimate of drug-likeness (QED) is 0.769. The minimum atomic E-state index is 0.196. The van der Waals surface area contributed by atoms with Crippen LogP contribution in [0.1, 0.15) is 12.0 Å². The molecule has 5 heteroatoms. The van der Waals surface area contributed by atoms with Crippen LogP contribution in [0.25, 0.3) is 0 Å². The predicted molar refractivity (Wildman–Crippen MR) is 82.4 cm³/mol. The molecule has 1 heterocycles. The van der Waals surface area contributed by atoms with Crippen molar-refractivity contribution in [2.75, 3.05) is 46.5 Å². The van der Waals surface area contributed by atoms with Gasteiger partial charge >= 0.3 is 0 Å². The maximum absolute atomic E-state index is 9.29. The van der Waals surface area contributed by atoms with Crippen LogP contribution < -0.4 is 4.74 Å². The van der Waals surface area contributed by atoms with E-state index in [1.54, 1.807) is 7.11 Å². The van der Waals surface area contributed by atoms with E-state index < -0.39 is 0 Å². The largest absolute Gasteiger partial charge is 0.497 e. The van der Waals surface area contributed by atoms with Gasteiger partial charge in [0.05, 0.1) is 13.7 Å². The van der Waals surface area contributed by atoms with Crippen LogP contribution >= 0.6 is 0 Å². The van der Waals surface area contributed by atoms with Crippen molar-refractivity contribution in [1.82, 2.24) is 9.80 Å². The Kier molecular flexibility index (Phi) is 6.45. The fraction of sp³-hybridized carbons (Fsp3) is 0.625. The topological polar surface area (TPSA) is 56.2 Å². The summed E-state index contributed by atoms with van der Waals surface area (Å²) in [5.41, 5.74) is 1.23. The van der Waals surface area contributed by atoms with Gasteiger partial charge in [-0.25, -0.2) is 0 Å². The molecule has 1 fully saturated rings. The number of hydrogen-bond acceptors (Lipinski definition) is 5. The number of hydrogen-bond donors (Lipinski definition) is 2. The molecule has 21 heavy (non-hydrogen) atoms. The summed E-state index contributed by atoms with van der Waals surface area (Å²) in [7, 11) is 1.68. The Balaban J connectivity index is 1.99. The van der Waals surface area contributed by atoms with E-state index in [1.807, 2.05) is 12.1 Å². The van der Waals surface area contributed by atoms with Gasteiger partial charge in [-0.05, 0) is 24.1 Å². The normalized spacial score (nSPS) is 20.6. The first kappa shape index (κ1) is 16.2. The minimum absolute atomic E-state index is 0.196. The second-order valence-corrected chi connectivity index (χ2v) is 5.51. The third-order valence-electron chi connectivity index (χ3n) is 4.09. The van der Waals surface area contributed by atoms with Crippen molar-refractivity contribution in [3.63, 3.8) is 0 Å². The molecular formula is C16H26N2O3. The molecule has 1 atom stereocenters. The second-order valence-electron chi connectivity index (χ2n) is 5.51. The zero-order valence-corrected chi connectivity index (χ0v) is 12.7. The van der Waals surface area contributed by atoms with Crippen LogP contribution in [-0.2, 0) is 6.54 Å². The van der Waals surface area contributed by atoms with Crippen molar-refractivity contribution in [1.29, 1.82) is 0 Å². The summed E-state index contributed by atoms with van der Waals surface area (Å²) in [6.45, 7) is 4.82. The molecule has 2 N–H and O–H groups in total. The number of methoxy groups -OCH3 is 1. The molecule has 1 saturated heterocycles. The number of β-amino-alcohol motifs (C(OH)–C–C–N with tert-alkyl or cyclic N) is 1. The summed E-state index contributed by atoms with van der Waals surface area (Å²) < 4.78 is 5.27. The Morgan fingerprint density at radius 2 is 2.10 bits per heavy atom. The van der Waals surface area contributed by atoms with Gasteiger partial charge in [0.25, 0.3) is 0 Å². The molecule has 5 nitrogen and oxygen atoms in total. The maximum Gasteiger partial charge on any atom is 0.119 e. The lowest BCUT2D eigenvalue weighted by Crippen LogP contribution is -2.53. The third kappa shape index (κ3) is 4.68. The van der Waals surface area contributed by atoms with Crippen LogP contribution in [0.2, 0.25) is 0 Å². The monoisotopic (exact) mass is 294 g/mol. The summed E-state index contributed by atoms with van der Waals surface area (Å²) in [4.78, 5) is 4.68. The molecule has 1 aromatic carbocycles. The lowest BCUT2D eigenvalue weighted by Gasteiger charge is -2.41. The van der Waals surface area contributed by atoms with Crippen molar-refractivity contribution >= 4 is 0 Å². The lowest BCUT2D eigenvalue weighted by atomic mass is 10.1. The highest BCUT2D eigenvalue weighted by Crippen LogP contribution is 2.19. The number of piperazine rings is 1. The first-order valence-electron chi connectivity index (χ1n) is 7.58. The lowest BCUT2D eigenvalue weighted by molar-refractivity contribution is 0.0455. The third-order valence-corrected chi connectivity index (χ3v) is 4.09. The van der Waals surface area contributed by atoms with Crippen LogP contribution in [0.3, 0.4) is 0 Å². The molecule has 1 aliphatic heterocycles. The number of ether oxygens (including phenoxy) is 1. The summed E-state index contributed by atoms with van der Waals surface area (Å²) >= 11 is 0. The molecular weight excluding hydrogens is 268 g/mol. The van der Waals surface area contributed by atoms with Gasteiger partial charge in [-0.15, -0.1) is 0 Å². The fourth-order valence-electron chi connectivity index (χ4n) is 2.94. The summed E-state index contributed by atoms with van der Waals surface area (Å²) in [5, 5.41) is 18.4. The van der Waals surface area contributed by atoms with Crippen LogP contribution in [0.4, 0.5) is 0 Å². The van der Waals surface area contributed by atoms with E-state index in [0.717, 1.165) is 44.9 Å². The maximum atomic E-state index is 9.29. The molecule has 0 saturated carbocycles. The molecule has 0 amide bonds. The highest BCUT2D eigenvalue weighted by Gasteiger charge is 2.26. The number of aliphatic hydroxyl groups excluding tert-OH is 2. The van der Waals surface area contributed by atoms with Gasteiger partial charge in [0.1, 0.15) is 5.75 Å². The van der Waals surface area contributed by atoms with Gasteiger partial charge < -0.3 is 14.9 Å². The number of benzene rings is 1. The van der Waals surface area contributed by atoms with Crippen LogP contribution in [0, 0.1) is 0 Å². The number of aliphatic hydroxyl groups is 2. The van der Waals surface area contributed by atoms with E-state index in [1.165, 1.54) is 5.56 Å². The second kappa shape index (κ2) is 8.34. The smallest absolute Gasteiger partial charge is 0.119 e. The molecule has 0 aliphatic carbocycles. The van der Waals surface area contributed by atoms with E-state index >= 15 is 0 Å². The molecule has 2 rings (SSSR count). The highest BCUT2D eigenvalue weighted by atomic mass is 16.5. The minimum Gasteiger partial charge on any atom is -0.497 e. The van der Waals surface area contributed by atoms with Crippen molar-refractivity contribution in [2.24, 2.45) is 0 Å². The van der Waals surface area contributed by atoms with Gasteiger partial charge in [-0.1, -0.05) is 12.1 Å². The van der Waals surface area contributed by atoms with Gasteiger partial charge in [0.2, 0.25) is 0 Å². The van der Waals surface area contributed by atoms with Gasteiger partial charge in [0.15, 0.2) is 0 Å². The Bertz CT molecular complexity index is 428. The summed E-state index contributed by atoms with van der Waals surface area (Å²) in [5.74, 6) is 0.880. The Hall–Kier alpha value is -1.14. The van der Waals surface area contributed by atoms with E-state index in [4.69, 9.17) is 9.84 Å². The van der Waals surface area contributed by atoms with Crippen molar-refractivity contribution in [3.05, 3.63) is 29.8 Å². The number of nitrogens with zero attached hydrogens (tertiary/aromatic N) is 2. The molecule has 1 aromatic rings. The Labute approximate surface area is 126 Å². The SMILES string of the molecule is COc1cccc(CN2CCN(CCO)C[C@@H]2CCO)c1.